The van der Waals surface area contributed by atoms with Gasteiger partial charge < -0.3 is 0 Å². The van der Waals surface area contributed by atoms with Gasteiger partial charge in [-0.15, -0.1) is 0 Å². The number of rotatable bonds is 13. The summed E-state index contributed by atoms with van der Waals surface area (Å²) in [5.74, 6) is 0. The van der Waals surface area contributed by atoms with Gasteiger partial charge in [-0.3, -0.25) is 29.7 Å². The third kappa shape index (κ3) is 8.64. The number of nitrogens with zero attached hydrogens (tertiary/aromatic N) is 6. The molecular formula is C33H34N6. The van der Waals surface area contributed by atoms with Gasteiger partial charge in [0, 0.05) is 76.2 Å². The first-order chi connectivity index (χ1) is 19.3. The molecule has 0 fully saturated rings. The van der Waals surface area contributed by atoms with E-state index in [-0.39, 0.29) is 0 Å². The van der Waals surface area contributed by atoms with Crippen molar-refractivity contribution in [3.63, 3.8) is 0 Å². The second-order valence-electron chi connectivity index (χ2n) is 9.71. The largest absolute Gasteiger partial charge is 0.293 e. The lowest BCUT2D eigenvalue weighted by atomic mass is 10.1. The van der Waals surface area contributed by atoms with Crippen LogP contribution < -0.4 is 0 Å². The second-order valence-corrected chi connectivity index (χ2v) is 9.71. The van der Waals surface area contributed by atoms with Gasteiger partial charge in [-0.2, -0.15) is 0 Å². The van der Waals surface area contributed by atoms with Crippen LogP contribution in [-0.4, -0.2) is 36.3 Å². The third-order valence-electron chi connectivity index (χ3n) is 6.55. The molecule has 5 rings (SSSR count). The van der Waals surface area contributed by atoms with E-state index in [0.717, 1.165) is 68.5 Å². The van der Waals surface area contributed by atoms with Crippen LogP contribution in [0.15, 0.2) is 122 Å². The Morgan fingerprint density at radius 2 is 0.846 bits per heavy atom. The molecule has 0 amide bonds. The summed E-state index contributed by atoms with van der Waals surface area (Å²) >= 11 is 0. The molecule has 4 aromatic heterocycles. The first-order valence-electron chi connectivity index (χ1n) is 13.4. The van der Waals surface area contributed by atoms with Gasteiger partial charge in [-0.25, -0.2) is 0 Å². The van der Waals surface area contributed by atoms with Crippen LogP contribution >= 0.6 is 0 Å². The quantitative estimate of drug-likeness (QED) is 0.201. The Morgan fingerprint density at radius 1 is 0.410 bits per heavy atom. The van der Waals surface area contributed by atoms with E-state index in [4.69, 9.17) is 0 Å². The zero-order valence-corrected chi connectivity index (χ0v) is 22.2. The predicted octanol–water partition coefficient (Wildman–Crippen LogP) is 5.71. The Bertz CT molecular complexity index is 1340. The maximum Gasteiger partial charge on any atom is 0.0544 e. The molecule has 0 saturated carbocycles. The first kappa shape index (κ1) is 26.4. The molecule has 0 aliphatic rings. The van der Waals surface area contributed by atoms with Crippen molar-refractivity contribution in [3.05, 3.63) is 156 Å². The fourth-order valence-corrected chi connectivity index (χ4v) is 4.71. The molecule has 0 N–H and O–H groups in total. The van der Waals surface area contributed by atoms with Crippen LogP contribution in [0.2, 0.25) is 0 Å². The van der Waals surface area contributed by atoms with Gasteiger partial charge in [0.2, 0.25) is 0 Å². The van der Waals surface area contributed by atoms with Crippen LogP contribution in [0.5, 0.6) is 0 Å². The Kier molecular flexibility index (Phi) is 9.49. The van der Waals surface area contributed by atoms with Crippen molar-refractivity contribution in [2.24, 2.45) is 0 Å². The van der Waals surface area contributed by atoms with E-state index >= 15 is 0 Å². The summed E-state index contributed by atoms with van der Waals surface area (Å²) in [5.41, 5.74) is 6.87. The van der Waals surface area contributed by atoms with Gasteiger partial charge in [-0.1, -0.05) is 48.5 Å². The maximum atomic E-state index is 4.58. The summed E-state index contributed by atoms with van der Waals surface area (Å²) in [6.07, 6.45) is 8.34. The minimum atomic E-state index is 0.761. The third-order valence-corrected chi connectivity index (χ3v) is 6.55. The zero-order valence-electron chi connectivity index (χ0n) is 22.2. The normalized spacial score (nSPS) is 11.2. The number of hydrogen-bond donors (Lipinski definition) is 0. The Labute approximate surface area is 231 Å². The van der Waals surface area contributed by atoms with Crippen molar-refractivity contribution in [1.29, 1.82) is 0 Å². The number of benzene rings is 1. The maximum absolute atomic E-state index is 4.58. The zero-order chi connectivity index (χ0) is 26.5. The highest BCUT2D eigenvalue weighted by molar-refractivity contribution is 5.24. The minimum absolute atomic E-state index is 0.761. The topological polar surface area (TPSA) is 58.0 Å². The summed E-state index contributed by atoms with van der Waals surface area (Å²) in [6.45, 7) is 4.88. The molecule has 0 saturated heterocycles. The summed E-state index contributed by atoms with van der Waals surface area (Å²) in [6, 6.07) is 33.3. The second kappa shape index (κ2) is 14.0. The van der Waals surface area contributed by atoms with Gasteiger partial charge in [0.1, 0.15) is 0 Å². The summed E-state index contributed by atoms with van der Waals surface area (Å²) in [5, 5.41) is 0. The predicted molar refractivity (Wildman–Crippen MR) is 154 cm³/mol. The Hall–Kier alpha value is -4.26. The van der Waals surface area contributed by atoms with Crippen molar-refractivity contribution in [1.82, 2.24) is 29.7 Å². The van der Waals surface area contributed by atoms with E-state index in [1.165, 1.54) is 11.1 Å². The lowest BCUT2D eigenvalue weighted by Crippen LogP contribution is -2.26. The van der Waals surface area contributed by atoms with Crippen LogP contribution in [0.25, 0.3) is 0 Å². The van der Waals surface area contributed by atoms with Crippen molar-refractivity contribution >= 4 is 0 Å². The molecule has 0 aliphatic heterocycles. The minimum Gasteiger partial charge on any atom is -0.293 e. The van der Waals surface area contributed by atoms with E-state index in [9.17, 15) is 0 Å². The summed E-state index contributed by atoms with van der Waals surface area (Å²) < 4.78 is 0. The number of pyridine rings is 4. The van der Waals surface area contributed by atoms with Crippen molar-refractivity contribution in [2.75, 3.05) is 6.54 Å². The molecule has 5 aromatic rings. The molecular weight excluding hydrogens is 480 g/mol. The molecule has 196 valence electrons. The highest BCUT2D eigenvalue weighted by atomic mass is 15.1. The molecule has 0 radical (unpaired) electrons. The van der Waals surface area contributed by atoms with Gasteiger partial charge in [0.15, 0.2) is 0 Å². The average Bonchev–Trinajstić information content (AvgIpc) is 2.98. The van der Waals surface area contributed by atoms with Crippen molar-refractivity contribution < 1.29 is 0 Å². The fourth-order valence-electron chi connectivity index (χ4n) is 4.71. The van der Waals surface area contributed by atoms with E-state index in [2.05, 4.69) is 90.4 Å². The van der Waals surface area contributed by atoms with Crippen LogP contribution in [0.1, 0.15) is 33.9 Å². The fraction of sp³-hybridized carbons (Fsp3) is 0.212. The van der Waals surface area contributed by atoms with Gasteiger partial charge in [-0.05, 0) is 59.7 Å². The molecule has 0 aliphatic carbocycles. The van der Waals surface area contributed by atoms with Gasteiger partial charge in [0.05, 0.1) is 17.1 Å². The Balaban J connectivity index is 1.30. The standard InChI is InChI=1S/C33H34N6/c1-5-17-34-30(12-1)16-21-38(25-31-13-2-6-18-35-31)23-28-10-9-11-29(22-28)24-39(26-32-14-3-7-19-36-32)27-33-15-4-8-20-37-33/h1-15,17-20,22H,16,21,23-27H2. The number of hydrogen-bond acceptors (Lipinski definition) is 6. The molecule has 0 atom stereocenters. The van der Waals surface area contributed by atoms with E-state index in [1.807, 2.05) is 61.2 Å². The molecule has 4 heterocycles. The monoisotopic (exact) mass is 514 g/mol. The Morgan fingerprint density at radius 3 is 1.31 bits per heavy atom. The highest BCUT2D eigenvalue weighted by Crippen LogP contribution is 2.16. The lowest BCUT2D eigenvalue weighted by molar-refractivity contribution is 0.240. The lowest BCUT2D eigenvalue weighted by Gasteiger charge is -2.24. The molecule has 6 heteroatoms. The van der Waals surface area contributed by atoms with E-state index < -0.39 is 0 Å². The SMILES string of the molecule is c1ccc(CCN(Cc2cccc(CN(Cc3ccccn3)Cc3ccccn3)c2)Cc2ccccn2)nc1. The summed E-state index contributed by atoms with van der Waals surface area (Å²) in [7, 11) is 0. The summed E-state index contributed by atoms with van der Waals surface area (Å²) in [4.78, 5) is 23.1. The van der Waals surface area contributed by atoms with Crippen molar-refractivity contribution in [2.45, 2.75) is 39.1 Å². The first-order valence-corrected chi connectivity index (χ1v) is 13.4. The smallest absolute Gasteiger partial charge is 0.0544 e. The molecule has 0 bridgehead atoms. The van der Waals surface area contributed by atoms with Crippen LogP contribution in [0.4, 0.5) is 0 Å². The average molecular weight is 515 g/mol. The van der Waals surface area contributed by atoms with E-state index in [0.29, 0.717) is 0 Å². The van der Waals surface area contributed by atoms with Gasteiger partial charge >= 0.3 is 0 Å². The molecule has 0 unspecified atom stereocenters. The van der Waals surface area contributed by atoms with Crippen molar-refractivity contribution in [3.8, 4) is 0 Å². The molecule has 39 heavy (non-hydrogen) atoms. The van der Waals surface area contributed by atoms with Crippen LogP contribution in [0, 0.1) is 0 Å². The number of aromatic nitrogens is 4. The van der Waals surface area contributed by atoms with Crippen LogP contribution in [0.3, 0.4) is 0 Å². The molecule has 1 aromatic carbocycles. The van der Waals surface area contributed by atoms with E-state index in [1.54, 1.807) is 0 Å². The van der Waals surface area contributed by atoms with Crippen LogP contribution in [-0.2, 0) is 39.1 Å². The molecule has 0 spiro atoms. The van der Waals surface area contributed by atoms with Gasteiger partial charge in [0.25, 0.3) is 0 Å². The highest BCUT2D eigenvalue weighted by Gasteiger charge is 2.13. The molecule has 6 nitrogen and oxygen atoms in total.